The van der Waals surface area contributed by atoms with Crippen molar-refractivity contribution in [1.82, 2.24) is 10.4 Å². The molecule has 3 rings (SSSR count). The summed E-state index contributed by atoms with van der Waals surface area (Å²) >= 11 is 0. The first-order valence-electron chi connectivity index (χ1n) is 8.90. The van der Waals surface area contributed by atoms with E-state index in [0.717, 1.165) is 5.56 Å². The second-order valence-electron chi connectivity index (χ2n) is 6.64. The summed E-state index contributed by atoms with van der Waals surface area (Å²) in [5.74, 6) is -1.03. The molecule has 1 atom stereocenters. The fourth-order valence-electron chi connectivity index (χ4n) is 3.18. The fourth-order valence-corrected chi connectivity index (χ4v) is 3.18. The first-order valence-corrected chi connectivity index (χ1v) is 8.90. The van der Waals surface area contributed by atoms with Crippen molar-refractivity contribution in [3.8, 4) is 5.75 Å². The maximum atomic E-state index is 12.7. The Morgan fingerprint density at radius 3 is 2.55 bits per heavy atom. The van der Waals surface area contributed by atoms with Crippen LogP contribution in [0.4, 0.5) is 13.2 Å². The van der Waals surface area contributed by atoms with Crippen molar-refractivity contribution in [3.63, 3.8) is 0 Å². The summed E-state index contributed by atoms with van der Waals surface area (Å²) in [5.41, 5.74) is 2.97. The third-order valence-corrected chi connectivity index (χ3v) is 4.67. The second kappa shape index (κ2) is 8.52. The second-order valence-corrected chi connectivity index (χ2v) is 6.64. The average molecular weight is 408 g/mol. The van der Waals surface area contributed by atoms with Gasteiger partial charge in [0.1, 0.15) is 12.4 Å². The number of amides is 2. The van der Waals surface area contributed by atoms with Crippen molar-refractivity contribution in [2.45, 2.75) is 31.6 Å². The summed E-state index contributed by atoms with van der Waals surface area (Å²) in [6.45, 7) is 0.0472. The number of rotatable bonds is 4. The molecule has 2 aromatic rings. The average Bonchev–Trinajstić information content (AvgIpc) is 2.90. The Morgan fingerprint density at radius 1 is 1.17 bits per heavy atom. The van der Waals surface area contributed by atoms with Crippen molar-refractivity contribution in [2.75, 3.05) is 6.61 Å². The van der Waals surface area contributed by atoms with Gasteiger partial charge in [0.05, 0.1) is 19.0 Å². The highest BCUT2D eigenvalue weighted by Gasteiger charge is 2.33. The number of alkyl halides is 3. The number of ether oxygens (including phenoxy) is 1. The molecule has 2 amide bonds. The van der Waals surface area contributed by atoms with E-state index in [2.05, 4.69) is 0 Å². The van der Waals surface area contributed by atoms with Gasteiger partial charge < -0.3 is 9.64 Å². The smallest absolute Gasteiger partial charge is 0.389 e. The van der Waals surface area contributed by atoms with Gasteiger partial charge >= 0.3 is 6.18 Å². The zero-order valence-corrected chi connectivity index (χ0v) is 15.3. The Morgan fingerprint density at radius 2 is 1.90 bits per heavy atom. The van der Waals surface area contributed by atoms with Gasteiger partial charge in [0.25, 0.3) is 5.91 Å². The Balaban J connectivity index is 1.92. The summed E-state index contributed by atoms with van der Waals surface area (Å²) < 4.78 is 43.7. The van der Waals surface area contributed by atoms with Crippen LogP contribution in [0.2, 0.25) is 0 Å². The number of carbonyl (C=O) groups is 2. The molecule has 154 valence electrons. The number of halogens is 3. The minimum atomic E-state index is -4.43. The van der Waals surface area contributed by atoms with E-state index in [4.69, 9.17) is 9.94 Å². The first-order chi connectivity index (χ1) is 13.8. The SMILES string of the molecule is O=C(NO)c1ccc2c(c1)OC[C@H](c1ccccc1)N(C(=O)CCC(F)(F)F)C2. The van der Waals surface area contributed by atoms with Gasteiger partial charge in [-0.05, 0) is 17.7 Å². The van der Waals surface area contributed by atoms with Gasteiger partial charge in [-0.3, -0.25) is 14.8 Å². The molecule has 0 radical (unpaired) electrons. The Kier molecular flexibility index (Phi) is 6.07. The lowest BCUT2D eigenvalue weighted by Crippen LogP contribution is -2.36. The normalized spacial score (nSPS) is 16.4. The largest absolute Gasteiger partial charge is 0.491 e. The molecule has 0 saturated carbocycles. The van der Waals surface area contributed by atoms with E-state index in [9.17, 15) is 22.8 Å². The molecule has 2 aromatic carbocycles. The molecule has 0 aliphatic carbocycles. The van der Waals surface area contributed by atoms with E-state index in [1.165, 1.54) is 22.5 Å². The van der Waals surface area contributed by atoms with Gasteiger partial charge in [-0.1, -0.05) is 36.4 Å². The van der Waals surface area contributed by atoms with Gasteiger partial charge in [-0.15, -0.1) is 0 Å². The summed E-state index contributed by atoms with van der Waals surface area (Å²) in [4.78, 5) is 25.7. The molecule has 0 fully saturated rings. The minimum absolute atomic E-state index is 0.0129. The van der Waals surface area contributed by atoms with Crippen molar-refractivity contribution in [3.05, 3.63) is 65.2 Å². The molecule has 1 heterocycles. The monoisotopic (exact) mass is 408 g/mol. The van der Waals surface area contributed by atoms with Crippen molar-refractivity contribution < 1.29 is 32.7 Å². The molecule has 1 aliphatic heterocycles. The van der Waals surface area contributed by atoms with Gasteiger partial charge in [-0.2, -0.15) is 13.2 Å². The zero-order valence-electron chi connectivity index (χ0n) is 15.3. The molecule has 0 aromatic heterocycles. The molecule has 0 bridgehead atoms. The number of benzene rings is 2. The van der Waals surface area contributed by atoms with Crippen LogP contribution in [0.3, 0.4) is 0 Å². The Hall–Kier alpha value is -3.07. The highest BCUT2D eigenvalue weighted by molar-refractivity contribution is 5.93. The third-order valence-electron chi connectivity index (χ3n) is 4.67. The lowest BCUT2D eigenvalue weighted by Gasteiger charge is -2.30. The number of hydroxylamine groups is 1. The van der Waals surface area contributed by atoms with Crippen LogP contribution in [0.1, 0.15) is 40.4 Å². The van der Waals surface area contributed by atoms with Crippen LogP contribution in [0, 0.1) is 0 Å². The van der Waals surface area contributed by atoms with Gasteiger partial charge in [-0.25, -0.2) is 5.48 Å². The highest BCUT2D eigenvalue weighted by atomic mass is 19.4. The summed E-state index contributed by atoms with van der Waals surface area (Å²) in [6, 6.07) is 12.7. The van der Waals surface area contributed by atoms with E-state index >= 15 is 0 Å². The van der Waals surface area contributed by atoms with Crippen LogP contribution in [-0.2, 0) is 11.3 Å². The van der Waals surface area contributed by atoms with E-state index in [1.54, 1.807) is 36.4 Å². The number of fused-ring (bicyclic) bond motifs is 1. The predicted molar refractivity (Wildman–Crippen MR) is 96.2 cm³/mol. The van der Waals surface area contributed by atoms with E-state index in [1.807, 2.05) is 0 Å². The van der Waals surface area contributed by atoms with Crippen LogP contribution in [0.25, 0.3) is 0 Å². The van der Waals surface area contributed by atoms with Crippen LogP contribution in [0.5, 0.6) is 5.75 Å². The van der Waals surface area contributed by atoms with Gasteiger partial charge in [0.15, 0.2) is 0 Å². The fraction of sp³-hybridized carbons (Fsp3) is 0.300. The third kappa shape index (κ3) is 5.05. The number of hydrogen-bond acceptors (Lipinski definition) is 4. The number of carbonyl (C=O) groups excluding carboxylic acids is 2. The Bertz CT molecular complexity index is 887. The highest BCUT2D eigenvalue weighted by Crippen LogP contribution is 2.33. The van der Waals surface area contributed by atoms with Crippen molar-refractivity contribution >= 4 is 11.8 Å². The maximum Gasteiger partial charge on any atom is 0.389 e. The van der Waals surface area contributed by atoms with E-state index in [0.29, 0.717) is 11.3 Å². The minimum Gasteiger partial charge on any atom is -0.491 e. The van der Waals surface area contributed by atoms with Gasteiger partial charge in [0.2, 0.25) is 5.91 Å². The van der Waals surface area contributed by atoms with Crippen LogP contribution in [0.15, 0.2) is 48.5 Å². The van der Waals surface area contributed by atoms with Gasteiger partial charge in [0, 0.05) is 17.5 Å². The van der Waals surface area contributed by atoms with E-state index < -0.39 is 36.9 Å². The maximum absolute atomic E-state index is 12.7. The first kappa shape index (κ1) is 20.7. The predicted octanol–water partition coefficient (Wildman–Crippen LogP) is 3.61. The summed E-state index contributed by atoms with van der Waals surface area (Å²) in [7, 11) is 0. The number of nitrogens with one attached hydrogen (secondary N) is 1. The Labute approximate surface area is 164 Å². The number of hydrogen-bond donors (Lipinski definition) is 2. The topological polar surface area (TPSA) is 78.9 Å². The molecule has 29 heavy (non-hydrogen) atoms. The summed E-state index contributed by atoms with van der Waals surface area (Å²) in [5, 5.41) is 8.79. The molecule has 0 spiro atoms. The lowest BCUT2D eigenvalue weighted by atomic mass is 10.0. The zero-order chi connectivity index (χ0) is 21.0. The van der Waals surface area contributed by atoms with Crippen LogP contribution in [-0.4, -0.2) is 34.7 Å². The van der Waals surface area contributed by atoms with Crippen molar-refractivity contribution in [1.29, 1.82) is 0 Å². The molecule has 1 aliphatic rings. The summed E-state index contributed by atoms with van der Waals surface area (Å²) in [6.07, 6.45) is -6.29. The van der Waals surface area contributed by atoms with Crippen molar-refractivity contribution in [2.24, 2.45) is 0 Å². The quantitative estimate of drug-likeness (QED) is 0.599. The number of nitrogens with zero attached hydrogens (tertiary/aromatic N) is 1. The molecular formula is C20H19F3N2O4. The standard InChI is InChI=1S/C20H19F3N2O4/c21-20(22,23)9-8-18(26)25-11-15-7-6-14(19(27)24-28)10-17(15)29-12-16(25)13-4-2-1-3-5-13/h1-7,10,16,28H,8-9,11-12H2,(H,24,27)/t16-/m1/s1. The molecule has 9 heteroatoms. The molecule has 0 saturated heterocycles. The molecule has 2 N–H and O–H groups in total. The molecular weight excluding hydrogens is 389 g/mol. The van der Waals surface area contributed by atoms with E-state index in [-0.39, 0.29) is 18.7 Å². The van der Waals surface area contributed by atoms with Crippen LogP contribution < -0.4 is 10.2 Å². The van der Waals surface area contributed by atoms with Crippen LogP contribution >= 0.6 is 0 Å². The molecule has 0 unspecified atom stereocenters. The lowest BCUT2D eigenvalue weighted by molar-refractivity contribution is -0.151. The molecule has 6 nitrogen and oxygen atoms in total.